The van der Waals surface area contributed by atoms with Gasteiger partial charge >= 0.3 is 0 Å². The second kappa shape index (κ2) is 10.5. The smallest absolute Gasteiger partial charge is 0.232 e. The predicted molar refractivity (Wildman–Crippen MR) is 132 cm³/mol. The molecule has 1 aliphatic rings. The maximum atomic E-state index is 12.7. The fraction of sp³-hybridized carbons (Fsp3) is 0.480. The van der Waals surface area contributed by atoms with Gasteiger partial charge in [0, 0.05) is 19.0 Å². The number of benzene rings is 2. The van der Waals surface area contributed by atoms with E-state index in [0.717, 1.165) is 28.7 Å². The van der Waals surface area contributed by atoms with Gasteiger partial charge in [-0.15, -0.1) is 0 Å². The topological polar surface area (TPSA) is 94.2 Å². The summed E-state index contributed by atoms with van der Waals surface area (Å²) in [6.07, 6.45) is 1.73. The predicted octanol–water partition coefficient (Wildman–Crippen LogP) is 4.28. The number of ether oxygens (including phenoxy) is 3. The number of rotatable bonds is 10. The highest BCUT2D eigenvalue weighted by Crippen LogP contribution is 2.36. The third kappa shape index (κ3) is 5.94. The van der Waals surface area contributed by atoms with Crippen LogP contribution in [0.15, 0.2) is 30.3 Å². The molecular weight excluding hydrogens is 456 g/mol. The fourth-order valence-corrected chi connectivity index (χ4v) is 5.07. The Morgan fingerprint density at radius 2 is 1.82 bits per heavy atom. The monoisotopic (exact) mass is 490 g/mol. The molecule has 0 aromatic heterocycles. The second-order valence-electron chi connectivity index (χ2n) is 8.87. The number of carbonyl (C=O) groups excluding carboxylic acids is 1. The SMILES string of the molecule is COc1cc(C)c([C@@H](C)NC(=O)CCCN(c2ccc3c(c2)OCO3)S(C)(=O)=O)cc1C(C)C. The lowest BCUT2D eigenvalue weighted by Crippen LogP contribution is -2.32. The Morgan fingerprint density at radius 3 is 2.47 bits per heavy atom. The summed E-state index contributed by atoms with van der Waals surface area (Å²) >= 11 is 0. The van der Waals surface area contributed by atoms with E-state index in [4.69, 9.17) is 14.2 Å². The molecule has 0 spiro atoms. The van der Waals surface area contributed by atoms with E-state index in [-0.39, 0.29) is 37.6 Å². The summed E-state index contributed by atoms with van der Waals surface area (Å²) in [5.74, 6) is 2.09. The molecule has 1 atom stereocenters. The van der Waals surface area contributed by atoms with Crippen LogP contribution in [0.25, 0.3) is 0 Å². The summed E-state index contributed by atoms with van der Waals surface area (Å²) in [7, 11) is -1.87. The number of methoxy groups -OCH3 is 1. The second-order valence-corrected chi connectivity index (χ2v) is 10.8. The van der Waals surface area contributed by atoms with Crippen molar-refractivity contribution in [2.45, 2.75) is 52.5 Å². The molecule has 0 aliphatic carbocycles. The van der Waals surface area contributed by atoms with Crippen LogP contribution in [0, 0.1) is 6.92 Å². The minimum Gasteiger partial charge on any atom is -0.496 e. The molecule has 9 heteroatoms. The molecule has 8 nitrogen and oxygen atoms in total. The van der Waals surface area contributed by atoms with Crippen LogP contribution in [0.3, 0.4) is 0 Å². The van der Waals surface area contributed by atoms with E-state index in [0.29, 0.717) is 23.6 Å². The minimum absolute atomic E-state index is 0.113. The highest BCUT2D eigenvalue weighted by Gasteiger charge is 2.22. The van der Waals surface area contributed by atoms with E-state index in [1.54, 1.807) is 25.3 Å². The van der Waals surface area contributed by atoms with Crippen LogP contribution in [-0.2, 0) is 14.8 Å². The minimum atomic E-state index is -3.53. The molecule has 1 aliphatic heterocycles. The molecule has 3 rings (SSSR count). The fourth-order valence-electron chi connectivity index (χ4n) is 4.11. The molecule has 186 valence electrons. The first-order valence-corrected chi connectivity index (χ1v) is 13.2. The van der Waals surface area contributed by atoms with Crippen LogP contribution in [0.2, 0.25) is 0 Å². The molecule has 0 bridgehead atoms. The van der Waals surface area contributed by atoms with E-state index in [1.165, 1.54) is 4.31 Å². The third-order valence-corrected chi connectivity index (χ3v) is 7.09. The van der Waals surface area contributed by atoms with E-state index < -0.39 is 10.0 Å². The maximum Gasteiger partial charge on any atom is 0.232 e. The van der Waals surface area contributed by atoms with E-state index in [1.807, 2.05) is 19.9 Å². The van der Waals surface area contributed by atoms with E-state index in [9.17, 15) is 13.2 Å². The van der Waals surface area contributed by atoms with Crippen molar-refractivity contribution in [3.8, 4) is 17.2 Å². The highest BCUT2D eigenvalue weighted by molar-refractivity contribution is 7.92. The Bertz CT molecular complexity index is 1150. The Morgan fingerprint density at radius 1 is 1.12 bits per heavy atom. The number of sulfonamides is 1. The average Bonchev–Trinajstić information content (AvgIpc) is 3.23. The molecule has 0 radical (unpaired) electrons. The zero-order valence-corrected chi connectivity index (χ0v) is 21.5. The van der Waals surface area contributed by atoms with Crippen molar-refractivity contribution in [2.24, 2.45) is 0 Å². The van der Waals surface area contributed by atoms with Gasteiger partial charge in [-0.05, 0) is 67.1 Å². The first kappa shape index (κ1) is 25.7. The molecule has 1 N–H and O–H groups in total. The summed E-state index contributed by atoms with van der Waals surface area (Å²) in [4.78, 5) is 12.7. The largest absolute Gasteiger partial charge is 0.496 e. The van der Waals surface area contributed by atoms with Gasteiger partial charge in [0.15, 0.2) is 11.5 Å². The molecule has 0 saturated carbocycles. The molecule has 0 saturated heterocycles. The van der Waals surface area contributed by atoms with Gasteiger partial charge in [-0.2, -0.15) is 0 Å². The Balaban J connectivity index is 1.63. The molecule has 2 aromatic carbocycles. The Labute approximate surface area is 202 Å². The molecule has 2 aromatic rings. The number of aryl methyl sites for hydroxylation is 1. The van der Waals surface area contributed by atoms with Crippen LogP contribution in [0.5, 0.6) is 17.2 Å². The number of carbonyl (C=O) groups is 1. The van der Waals surface area contributed by atoms with Gasteiger partial charge in [0.05, 0.1) is 25.1 Å². The van der Waals surface area contributed by atoms with Crippen molar-refractivity contribution in [1.29, 1.82) is 0 Å². The van der Waals surface area contributed by atoms with Crippen molar-refractivity contribution in [3.63, 3.8) is 0 Å². The number of hydrogen-bond acceptors (Lipinski definition) is 6. The van der Waals surface area contributed by atoms with Crippen LogP contribution in [0.1, 0.15) is 62.3 Å². The summed E-state index contributed by atoms with van der Waals surface area (Å²) < 4.78 is 42.2. The van der Waals surface area contributed by atoms with E-state index >= 15 is 0 Å². The number of amides is 1. The molecule has 0 unspecified atom stereocenters. The summed E-state index contributed by atoms with van der Waals surface area (Å²) in [5, 5.41) is 3.04. The Kier molecular flexibility index (Phi) is 7.97. The zero-order chi connectivity index (χ0) is 25.0. The van der Waals surface area contributed by atoms with Crippen LogP contribution in [-0.4, -0.2) is 41.0 Å². The van der Waals surface area contributed by atoms with Gasteiger partial charge in [-0.3, -0.25) is 9.10 Å². The molecular formula is C25H34N2O6S. The van der Waals surface area contributed by atoms with Crippen molar-refractivity contribution in [3.05, 3.63) is 47.0 Å². The van der Waals surface area contributed by atoms with Crippen LogP contribution >= 0.6 is 0 Å². The quantitative estimate of drug-likeness (QED) is 0.534. The lowest BCUT2D eigenvalue weighted by Gasteiger charge is -2.23. The van der Waals surface area contributed by atoms with Gasteiger partial charge in [0.2, 0.25) is 22.7 Å². The number of anilines is 1. The molecule has 34 heavy (non-hydrogen) atoms. The normalized spacial score (nSPS) is 13.6. The van der Waals surface area contributed by atoms with Gasteiger partial charge < -0.3 is 19.5 Å². The van der Waals surface area contributed by atoms with E-state index in [2.05, 4.69) is 25.2 Å². The number of nitrogens with one attached hydrogen (secondary N) is 1. The lowest BCUT2D eigenvalue weighted by atomic mass is 9.93. The first-order valence-electron chi connectivity index (χ1n) is 11.4. The zero-order valence-electron chi connectivity index (χ0n) is 20.7. The molecule has 0 fully saturated rings. The van der Waals surface area contributed by atoms with Gasteiger partial charge in [-0.25, -0.2) is 8.42 Å². The van der Waals surface area contributed by atoms with Crippen molar-refractivity contribution < 1.29 is 27.4 Å². The molecule has 1 amide bonds. The Hall–Kier alpha value is -2.94. The van der Waals surface area contributed by atoms with Gasteiger partial charge in [0.25, 0.3) is 0 Å². The maximum absolute atomic E-state index is 12.7. The summed E-state index contributed by atoms with van der Waals surface area (Å²) in [6, 6.07) is 8.92. The summed E-state index contributed by atoms with van der Waals surface area (Å²) in [6.45, 7) is 8.45. The van der Waals surface area contributed by atoms with Gasteiger partial charge in [0.1, 0.15) is 5.75 Å². The van der Waals surface area contributed by atoms with Crippen molar-refractivity contribution >= 4 is 21.6 Å². The number of hydrogen-bond donors (Lipinski definition) is 1. The number of nitrogens with zero attached hydrogens (tertiary/aromatic N) is 1. The average molecular weight is 491 g/mol. The standard InChI is InChI=1S/C25H34N2O6S/c1-16(2)20-14-21(17(3)12-23(20)31-5)18(4)26-25(28)8-7-11-27(34(6,29)30)19-9-10-22-24(13-19)33-15-32-22/h9-10,12-14,16,18H,7-8,11,15H2,1-6H3,(H,26,28)/t18-/m1/s1. The van der Waals surface area contributed by atoms with Crippen molar-refractivity contribution in [1.82, 2.24) is 5.32 Å². The van der Waals surface area contributed by atoms with Crippen LogP contribution in [0.4, 0.5) is 5.69 Å². The first-order chi connectivity index (χ1) is 16.0. The highest BCUT2D eigenvalue weighted by atomic mass is 32.2. The lowest BCUT2D eigenvalue weighted by molar-refractivity contribution is -0.121. The van der Waals surface area contributed by atoms with Crippen LogP contribution < -0.4 is 23.8 Å². The third-order valence-electron chi connectivity index (χ3n) is 5.89. The number of fused-ring (bicyclic) bond motifs is 1. The summed E-state index contributed by atoms with van der Waals surface area (Å²) in [5.41, 5.74) is 3.66. The van der Waals surface area contributed by atoms with Gasteiger partial charge in [-0.1, -0.05) is 13.8 Å². The van der Waals surface area contributed by atoms with Crippen molar-refractivity contribution in [2.75, 3.05) is 31.0 Å². The molecule has 1 heterocycles.